The lowest BCUT2D eigenvalue weighted by Crippen LogP contribution is -2.34. The van der Waals surface area contributed by atoms with Gasteiger partial charge in [0, 0.05) is 44.4 Å². The zero-order chi connectivity index (χ0) is 20.0. The van der Waals surface area contributed by atoms with Gasteiger partial charge in [-0.3, -0.25) is 14.8 Å². The highest BCUT2D eigenvalue weighted by Gasteiger charge is 2.48. The number of fused-ring (bicyclic) bond motifs is 2. The number of para-hydroxylation sites is 1. The number of likely N-dealkylation sites (tertiary alicyclic amines) is 2. The highest BCUT2D eigenvalue weighted by molar-refractivity contribution is 5.81. The summed E-state index contributed by atoms with van der Waals surface area (Å²) in [6.07, 6.45) is 0. The van der Waals surface area contributed by atoms with Crippen LogP contribution in [0.5, 0.6) is 5.75 Å². The van der Waals surface area contributed by atoms with Crippen molar-refractivity contribution in [2.45, 2.75) is 19.5 Å². The van der Waals surface area contributed by atoms with E-state index in [0.29, 0.717) is 11.8 Å². The van der Waals surface area contributed by atoms with E-state index < -0.39 is 0 Å². The lowest BCUT2D eigenvalue weighted by molar-refractivity contribution is -0.130. The molecule has 150 valence electrons. The van der Waals surface area contributed by atoms with Crippen molar-refractivity contribution in [2.75, 3.05) is 26.7 Å². The standard InChI is InChI=1S/C23H26N4O2/c1-15(28)27-12-17-11-26(14-22-19-5-3-4-6-21(19)24-25-22)13-20(17)23(27)16-7-9-18(29-2)10-8-16/h3-10,17,20,23H,11-14H2,1-2H3,(H,24,25)/t17-,20-,23+/m1/s1. The number of hydrogen-bond donors (Lipinski definition) is 1. The van der Waals surface area contributed by atoms with Crippen molar-refractivity contribution in [1.82, 2.24) is 20.0 Å². The largest absolute Gasteiger partial charge is 0.497 e. The molecule has 2 aromatic carbocycles. The summed E-state index contributed by atoms with van der Waals surface area (Å²) < 4.78 is 5.31. The van der Waals surface area contributed by atoms with Gasteiger partial charge in [-0.2, -0.15) is 5.10 Å². The number of benzene rings is 2. The van der Waals surface area contributed by atoms with Crippen molar-refractivity contribution in [3.8, 4) is 5.75 Å². The van der Waals surface area contributed by atoms with Gasteiger partial charge in [0.05, 0.1) is 24.4 Å². The van der Waals surface area contributed by atoms with Gasteiger partial charge in [-0.15, -0.1) is 0 Å². The first-order valence-electron chi connectivity index (χ1n) is 10.2. The van der Waals surface area contributed by atoms with Gasteiger partial charge >= 0.3 is 0 Å². The van der Waals surface area contributed by atoms with Crippen molar-refractivity contribution >= 4 is 16.8 Å². The fraction of sp³-hybridized carbons (Fsp3) is 0.391. The first-order chi connectivity index (χ1) is 14.1. The van der Waals surface area contributed by atoms with Crippen molar-refractivity contribution < 1.29 is 9.53 Å². The number of hydrogen-bond acceptors (Lipinski definition) is 4. The number of amides is 1. The Morgan fingerprint density at radius 2 is 1.93 bits per heavy atom. The fourth-order valence-corrected chi connectivity index (χ4v) is 5.18. The number of aromatic nitrogens is 2. The van der Waals surface area contributed by atoms with Crippen molar-refractivity contribution in [3.63, 3.8) is 0 Å². The number of H-pyrrole nitrogens is 1. The van der Waals surface area contributed by atoms with Gasteiger partial charge in [0.1, 0.15) is 5.75 Å². The molecule has 2 aliphatic heterocycles. The molecule has 6 nitrogen and oxygen atoms in total. The lowest BCUT2D eigenvalue weighted by Gasteiger charge is -2.29. The molecule has 0 unspecified atom stereocenters. The molecule has 3 atom stereocenters. The van der Waals surface area contributed by atoms with E-state index in [1.165, 1.54) is 16.6 Å². The van der Waals surface area contributed by atoms with Crippen LogP contribution in [0.2, 0.25) is 0 Å². The van der Waals surface area contributed by atoms with Gasteiger partial charge in [-0.05, 0) is 29.7 Å². The van der Waals surface area contributed by atoms with Crippen LogP contribution >= 0.6 is 0 Å². The average molecular weight is 390 g/mol. The lowest BCUT2D eigenvalue weighted by atomic mass is 9.89. The Kier molecular flexibility index (Phi) is 4.51. The molecule has 3 heterocycles. The van der Waals surface area contributed by atoms with E-state index in [9.17, 15) is 4.79 Å². The summed E-state index contributed by atoms with van der Waals surface area (Å²) >= 11 is 0. The van der Waals surface area contributed by atoms with Gasteiger partial charge in [-0.1, -0.05) is 30.3 Å². The number of carbonyl (C=O) groups is 1. The van der Waals surface area contributed by atoms with Crippen LogP contribution in [0, 0.1) is 11.8 Å². The Hall–Kier alpha value is -2.86. The molecule has 0 bridgehead atoms. The predicted molar refractivity (Wildman–Crippen MR) is 111 cm³/mol. The van der Waals surface area contributed by atoms with Crippen LogP contribution in [-0.2, 0) is 11.3 Å². The third-order valence-electron chi connectivity index (χ3n) is 6.52. The normalized spacial score (nSPS) is 24.2. The second-order valence-corrected chi connectivity index (χ2v) is 8.23. The Bertz CT molecular complexity index is 1030. The second kappa shape index (κ2) is 7.19. The van der Waals surface area contributed by atoms with E-state index in [2.05, 4.69) is 44.3 Å². The van der Waals surface area contributed by atoms with Crippen LogP contribution in [0.3, 0.4) is 0 Å². The molecular weight excluding hydrogens is 364 g/mol. The van der Waals surface area contributed by atoms with Gasteiger partial charge in [-0.25, -0.2) is 0 Å². The first kappa shape index (κ1) is 18.2. The van der Waals surface area contributed by atoms with Crippen molar-refractivity contribution in [3.05, 3.63) is 59.8 Å². The number of aromatic amines is 1. The molecule has 0 radical (unpaired) electrons. The summed E-state index contributed by atoms with van der Waals surface area (Å²) in [5.74, 6) is 1.95. The number of ether oxygens (including phenoxy) is 1. The van der Waals surface area contributed by atoms with Crippen molar-refractivity contribution in [2.24, 2.45) is 11.8 Å². The summed E-state index contributed by atoms with van der Waals surface area (Å²) in [6.45, 7) is 5.37. The quantitative estimate of drug-likeness (QED) is 0.743. The monoisotopic (exact) mass is 390 g/mol. The summed E-state index contributed by atoms with van der Waals surface area (Å²) in [5, 5.41) is 8.85. The smallest absolute Gasteiger partial charge is 0.219 e. The Balaban J connectivity index is 1.38. The van der Waals surface area contributed by atoms with E-state index in [1.54, 1.807) is 14.0 Å². The molecular formula is C23H26N4O2. The minimum Gasteiger partial charge on any atom is -0.497 e. The number of carbonyl (C=O) groups excluding carboxylic acids is 1. The summed E-state index contributed by atoms with van der Waals surface area (Å²) in [7, 11) is 1.68. The predicted octanol–water partition coefficient (Wildman–Crippen LogP) is 3.22. The zero-order valence-electron chi connectivity index (χ0n) is 16.8. The molecule has 2 saturated heterocycles. The fourth-order valence-electron chi connectivity index (χ4n) is 5.18. The molecule has 0 spiro atoms. The Morgan fingerprint density at radius 3 is 2.69 bits per heavy atom. The maximum absolute atomic E-state index is 12.3. The van der Waals surface area contributed by atoms with Crippen LogP contribution in [-0.4, -0.2) is 52.6 Å². The van der Waals surface area contributed by atoms with E-state index in [4.69, 9.17) is 4.74 Å². The zero-order valence-corrected chi connectivity index (χ0v) is 16.8. The average Bonchev–Trinajstić information content (AvgIpc) is 3.41. The number of nitrogens with zero attached hydrogens (tertiary/aromatic N) is 3. The first-order valence-corrected chi connectivity index (χ1v) is 10.2. The highest BCUT2D eigenvalue weighted by Crippen LogP contribution is 2.45. The maximum atomic E-state index is 12.3. The third-order valence-corrected chi connectivity index (χ3v) is 6.52. The Morgan fingerprint density at radius 1 is 1.14 bits per heavy atom. The SMILES string of the molecule is COc1ccc([C@H]2[C@@H]3CN(Cc4[nH]nc5ccccc45)C[C@@H]3CN2C(C)=O)cc1. The molecule has 2 aliphatic rings. The van der Waals surface area contributed by atoms with Crippen LogP contribution in [0.4, 0.5) is 0 Å². The van der Waals surface area contributed by atoms with Gasteiger partial charge < -0.3 is 9.64 Å². The third kappa shape index (κ3) is 3.17. The maximum Gasteiger partial charge on any atom is 0.219 e. The van der Waals surface area contributed by atoms with Crippen LogP contribution in [0.25, 0.3) is 10.9 Å². The molecule has 1 N–H and O–H groups in total. The van der Waals surface area contributed by atoms with E-state index in [-0.39, 0.29) is 11.9 Å². The molecule has 0 saturated carbocycles. The van der Waals surface area contributed by atoms with Gasteiger partial charge in [0.2, 0.25) is 5.91 Å². The molecule has 2 fully saturated rings. The molecule has 6 heteroatoms. The summed E-state index contributed by atoms with van der Waals surface area (Å²) in [5.41, 5.74) is 3.38. The van der Waals surface area contributed by atoms with Crippen LogP contribution in [0.15, 0.2) is 48.5 Å². The number of rotatable bonds is 4. The molecule has 29 heavy (non-hydrogen) atoms. The van der Waals surface area contributed by atoms with Crippen molar-refractivity contribution in [1.29, 1.82) is 0 Å². The van der Waals surface area contributed by atoms with Crippen LogP contribution < -0.4 is 4.74 Å². The van der Waals surface area contributed by atoms with E-state index >= 15 is 0 Å². The minimum atomic E-state index is 0.131. The molecule has 1 aromatic heterocycles. The van der Waals surface area contributed by atoms with E-state index in [1.807, 2.05) is 24.3 Å². The molecule has 1 amide bonds. The molecule has 3 aromatic rings. The van der Waals surface area contributed by atoms with Gasteiger partial charge in [0.15, 0.2) is 0 Å². The van der Waals surface area contributed by atoms with E-state index in [0.717, 1.165) is 37.4 Å². The summed E-state index contributed by atoms with van der Waals surface area (Å²) in [6, 6.07) is 16.6. The molecule has 0 aliphatic carbocycles. The van der Waals surface area contributed by atoms with Crippen LogP contribution in [0.1, 0.15) is 24.2 Å². The second-order valence-electron chi connectivity index (χ2n) is 8.23. The molecule has 5 rings (SSSR count). The number of nitrogens with one attached hydrogen (secondary N) is 1. The Labute approximate surface area is 170 Å². The van der Waals surface area contributed by atoms with Gasteiger partial charge in [0.25, 0.3) is 0 Å². The highest BCUT2D eigenvalue weighted by atomic mass is 16.5. The minimum absolute atomic E-state index is 0.131. The topological polar surface area (TPSA) is 61.5 Å². The summed E-state index contributed by atoms with van der Waals surface area (Å²) in [4.78, 5) is 16.9. The number of methoxy groups -OCH3 is 1.